The van der Waals surface area contributed by atoms with Crippen molar-refractivity contribution in [2.45, 2.75) is 33.4 Å². The largest absolute Gasteiger partial charge is 0.361 e. The number of nitrogens with zero attached hydrogens (tertiary/aromatic N) is 4. The first-order valence-corrected chi connectivity index (χ1v) is 9.65. The summed E-state index contributed by atoms with van der Waals surface area (Å²) in [7, 11) is 0. The minimum Gasteiger partial charge on any atom is -0.361 e. The number of H-pyrrole nitrogens is 1. The van der Waals surface area contributed by atoms with Gasteiger partial charge in [0.2, 0.25) is 0 Å². The molecule has 142 valence electrons. The Morgan fingerprint density at radius 3 is 2.44 bits per heavy atom. The van der Waals surface area contributed by atoms with Crippen LogP contribution in [0, 0.1) is 13.8 Å². The van der Waals surface area contributed by atoms with E-state index in [1.165, 1.54) is 23.1 Å². The van der Waals surface area contributed by atoms with Gasteiger partial charge in [0, 0.05) is 37.3 Å². The lowest BCUT2D eigenvalue weighted by molar-refractivity contribution is 0.246. The predicted molar refractivity (Wildman–Crippen MR) is 105 cm³/mol. The van der Waals surface area contributed by atoms with Crippen molar-refractivity contribution in [2.75, 3.05) is 26.2 Å². The first kappa shape index (κ1) is 17.9. The van der Waals surface area contributed by atoms with Gasteiger partial charge in [0.15, 0.2) is 0 Å². The maximum absolute atomic E-state index is 5.32. The van der Waals surface area contributed by atoms with E-state index in [9.17, 15) is 0 Å². The van der Waals surface area contributed by atoms with Gasteiger partial charge < -0.3 is 4.52 Å². The van der Waals surface area contributed by atoms with Gasteiger partial charge in [-0.2, -0.15) is 5.10 Å². The average molecular weight is 365 g/mol. The van der Waals surface area contributed by atoms with Crippen molar-refractivity contribution in [3.63, 3.8) is 0 Å². The fraction of sp³-hybridized carbons (Fsp3) is 0.429. The fourth-order valence-electron chi connectivity index (χ4n) is 3.82. The molecule has 0 aliphatic carbocycles. The van der Waals surface area contributed by atoms with E-state index in [1.54, 1.807) is 0 Å². The van der Waals surface area contributed by atoms with Gasteiger partial charge in [-0.1, -0.05) is 35.5 Å². The monoisotopic (exact) mass is 365 g/mol. The van der Waals surface area contributed by atoms with Gasteiger partial charge in [-0.15, -0.1) is 0 Å². The van der Waals surface area contributed by atoms with E-state index >= 15 is 0 Å². The van der Waals surface area contributed by atoms with Crippen molar-refractivity contribution in [3.8, 4) is 11.3 Å². The Labute approximate surface area is 160 Å². The lowest BCUT2D eigenvalue weighted by Gasteiger charge is -2.21. The van der Waals surface area contributed by atoms with Gasteiger partial charge in [-0.05, 0) is 38.9 Å². The summed E-state index contributed by atoms with van der Waals surface area (Å²) in [5, 5.41) is 11.6. The molecule has 0 saturated carbocycles. The molecule has 1 fully saturated rings. The Kier molecular flexibility index (Phi) is 5.36. The maximum atomic E-state index is 5.32. The van der Waals surface area contributed by atoms with Crippen LogP contribution in [0.2, 0.25) is 0 Å². The molecule has 1 aromatic carbocycles. The Morgan fingerprint density at radius 2 is 1.74 bits per heavy atom. The number of benzene rings is 1. The summed E-state index contributed by atoms with van der Waals surface area (Å²) in [6, 6.07) is 10.4. The molecule has 27 heavy (non-hydrogen) atoms. The highest BCUT2D eigenvalue weighted by molar-refractivity contribution is 5.62. The minimum absolute atomic E-state index is 0.927. The van der Waals surface area contributed by atoms with Gasteiger partial charge in [-0.3, -0.25) is 14.9 Å². The smallest absolute Gasteiger partial charge is 0.138 e. The summed E-state index contributed by atoms with van der Waals surface area (Å²) in [6.07, 6.45) is 3.14. The third-order valence-corrected chi connectivity index (χ3v) is 5.42. The van der Waals surface area contributed by atoms with Crippen LogP contribution in [0.15, 0.2) is 41.1 Å². The quantitative estimate of drug-likeness (QED) is 0.751. The van der Waals surface area contributed by atoms with Crippen LogP contribution in [0.5, 0.6) is 0 Å². The summed E-state index contributed by atoms with van der Waals surface area (Å²) in [5.41, 5.74) is 5.84. The van der Waals surface area contributed by atoms with Crippen molar-refractivity contribution >= 4 is 0 Å². The number of aromatic amines is 1. The van der Waals surface area contributed by atoms with Gasteiger partial charge >= 0.3 is 0 Å². The van der Waals surface area contributed by atoms with E-state index in [-0.39, 0.29) is 0 Å². The SMILES string of the molecule is Cc1noc(C)c1CN1CCCN(Cc2cn[nH]c2-c2ccccc2)CC1. The molecule has 1 aliphatic rings. The first-order valence-electron chi connectivity index (χ1n) is 9.65. The van der Waals surface area contributed by atoms with E-state index in [0.717, 1.165) is 56.4 Å². The zero-order valence-corrected chi connectivity index (χ0v) is 16.1. The van der Waals surface area contributed by atoms with Crippen LogP contribution in [0.25, 0.3) is 11.3 Å². The second-order valence-corrected chi connectivity index (χ2v) is 7.34. The van der Waals surface area contributed by atoms with Crippen LogP contribution < -0.4 is 0 Å². The van der Waals surface area contributed by atoms with Crippen LogP contribution in [0.1, 0.15) is 29.0 Å². The molecule has 1 aliphatic heterocycles. The first-order chi connectivity index (χ1) is 13.2. The van der Waals surface area contributed by atoms with E-state index in [2.05, 4.69) is 49.4 Å². The third-order valence-electron chi connectivity index (χ3n) is 5.42. The van der Waals surface area contributed by atoms with Gasteiger partial charge in [0.1, 0.15) is 5.76 Å². The molecular weight excluding hydrogens is 338 g/mol. The standard InChI is InChI=1S/C21H27N5O/c1-16-20(17(2)27-24-16)15-26-10-6-9-25(11-12-26)14-19-13-22-23-21(19)18-7-4-3-5-8-18/h3-5,7-8,13H,6,9-12,14-15H2,1-2H3,(H,22,23). The zero-order valence-electron chi connectivity index (χ0n) is 16.1. The van der Waals surface area contributed by atoms with Crippen molar-refractivity contribution in [1.82, 2.24) is 25.2 Å². The van der Waals surface area contributed by atoms with E-state index in [0.29, 0.717) is 0 Å². The molecule has 4 rings (SSSR count). The number of hydrogen-bond acceptors (Lipinski definition) is 5. The normalized spacial score (nSPS) is 16.5. The summed E-state index contributed by atoms with van der Waals surface area (Å²) in [6.45, 7) is 10.2. The lowest BCUT2D eigenvalue weighted by atomic mass is 10.1. The molecule has 0 radical (unpaired) electrons. The molecule has 3 heterocycles. The number of aryl methyl sites for hydroxylation is 2. The van der Waals surface area contributed by atoms with E-state index in [4.69, 9.17) is 4.52 Å². The molecule has 0 atom stereocenters. The van der Waals surface area contributed by atoms with Gasteiger partial charge in [-0.25, -0.2) is 0 Å². The molecule has 6 heteroatoms. The Morgan fingerprint density at radius 1 is 1.00 bits per heavy atom. The zero-order chi connectivity index (χ0) is 18.6. The van der Waals surface area contributed by atoms with Crippen molar-refractivity contribution in [3.05, 3.63) is 59.1 Å². The molecule has 0 amide bonds. The summed E-state index contributed by atoms with van der Waals surface area (Å²) in [5.74, 6) is 0.944. The van der Waals surface area contributed by atoms with Crippen molar-refractivity contribution in [2.24, 2.45) is 0 Å². The highest BCUT2D eigenvalue weighted by Gasteiger charge is 2.19. The van der Waals surface area contributed by atoms with E-state index in [1.807, 2.05) is 26.1 Å². The van der Waals surface area contributed by atoms with Crippen LogP contribution in [0.3, 0.4) is 0 Å². The number of nitrogens with one attached hydrogen (secondary N) is 1. The molecule has 2 aromatic heterocycles. The van der Waals surface area contributed by atoms with Gasteiger partial charge in [0.05, 0.1) is 17.6 Å². The Bertz CT molecular complexity index is 850. The molecule has 6 nitrogen and oxygen atoms in total. The summed E-state index contributed by atoms with van der Waals surface area (Å²) < 4.78 is 5.32. The third kappa shape index (κ3) is 4.12. The van der Waals surface area contributed by atoms with Crippen molar-refractivity contribution < 1.29 is 4.52 Å². The average Bonchev–Trinajstić information content (AvgIpc) is 3.19. The number of aromatic nitrogens is 3. The molecule has 1 saturated heterocycles. The molecule has 0 unspecified atom stereocenters. The van der Waals surface area contributed by atoms with Gasteiger partial charge in [0.25, 0.3) is 0 Å². The van der Waals surface area contributed by atoms with Crippen LogP contribution in [-0.2, 0) is 13.1 Å². The molecule has 0 spiro atoms. The molecule has 3 aromatic rings. The predicted octanol–water partition coefficient (Wildman–Crippen LogP) is 3.39. The summed E-state index contributed by atoms with van der Waals surface area (Å²) in [4.78, 5) is 5.05. The lowest BCUT2D eigenvalue weighted by Crippen LogP contribution is -2.30. The number of rotatable bonds is 5. The van der Waals surface area contributed by atoms with Crippen LogP contribution in [-0.4, -0.2) is 51.3 Å². The van der Waals surface area contributed by atoms with E-state index < -0.39 is 0 Å². The topological polar surface area (TPSA) is 61.2 Å². The molecule has 0 bridgehead atoms. The Balaban J connectivity index is 1.39. The van der Waals surface area contributed by atoms with Crippen molar-refractivity contribution in [1.29, 1.82) is 0 Å². The highest BCUT2D eigenvalue weighted by Crippen LogP contribution is 2.23. The minimum atomic E-state index is 0.927. The molecule has 1 N–H and O–H groups in total. The number of hydrogen-bond donors (Lipinski definition) is 1. The fourth-order valence-corrected chi connectivity index (χ4v) is 3.82. The second kappa shape index (κ2) is 8.06. The summed E-state index contributed by atoms with van der Waals surface area (Å²) >= 11 is 0. The van der Waals surface area contributed by atoms with Crippen LogP contribution >= 0.6 is 0 Å². The Hall–Kier alpha value is -2.44. The maximum Gasteiger partial charge on any atom is 0.138 e. The second-order valence-electron chi connectivity index (χ2n) is 7.34. The highest BCUT2D eigenvalue weighted by atomic mass is 16.5. The molecular formula is C21H27N5O. The van der Waals surface area contributed by atoms with Crippen LogP contribution in [0.4, 0.5) is 0 Å².